The van der Waals surface area contributed by atoms with E-state index in [0.29, 0.717) is 10.2 Å². The van der Waals surface area contributed by atoms with Crippen LogP contribution in [0, 0.1) is 12.7 Å². The van der Waals surface area contributed by atoms with Crippen molar-refractivity contribution in [2.45, 2.75) is 18.8 Å². The summed E-state index contributed by atoms with van der Waals surface area (Å²) in [5.74, 6) is -3.97. The second-order valence-corrected chi connectivity index (χ2v) is 7.30. The molecule has 0 aliphatic carbocycles. The molecule has 11 heteroatoms. The fourth-order valence-corrected chi connectivity index (χ4v) is 3.72. The minimum absolute atomic E-state index is 0.262. The van der Waals surface area contributed by atoms with Crippen LogP contribution in [0.2, 0.25) is 0 Å². The van der Waals surface area contributed by atoms with Gasteiger partial charge in [0.1, 0.15) is 5.82 Å². The molecule has 1 aromatic heterocycles. The molecule has 0 bridgehead atoms. The summed E-state index contributed by atoms with van der Waals surface area (Å²) in [5, 5.41) is 3.36. The number of thiazole rings is 1. The summed E-state index contributed by atoms with van der Waals surface area (Å²) in [4.78, 5) is 28.8. The van der Waals surface area contributed by atoms with Gasteiger partial charge in [0.05, 0.1) is 17.3 Å². The predicted molar refractivity (Wildman–Crippen MR) is 103 cm³/mol. The molecule has 0 saturated carbocycles. The molecular formula is C19H15F4N3O3S. The highest BCUT2D eigenvalue weighted by molar-refractivity contribution is 7.22. The molecule has 158 valence electrons. The number of aryl methyl sites for hydroxylation is 1. The van der Waals surface area contributed by atoms with E-state index in [0.717, 1.165) is 48.3 Å². The van der Waals surface area contributed by atoms with Gasteiger partial charge < -0.3 is 15.4 Å². The van der Waals surface area contributed by atoms with Gasteiger partial charge >= 0.3 is 17.8 Å². The van der Waals surface area contributed by atoms with Gasteiger partial charge in [0.15, 0.2) is 5.13 Å². The Bertz CT molecular complexity index is 1120. The summed E-state index contributed by atoms with van der Waals surface area (Å²) in [7, 11) is 0.751. The maximum Gasteiger partial charge on any atom is 0.442 e. The normalized spacial score (nSPS) is 13.5. The van der Waals surface area contributed by atoms with Gasteiger partial charge in [-0.15, -0.1) is 0 Å². The van der Waals surface area contributed by atoms with Gasteiger partial charge in [-0.2, -0.15) is 13.2 Å². The van der Waals surface area contributed by atoms with E-state index >= 15 is 0 Å². The SMILES string of the molecule is COC(=O)C(NC(=O)c1cccc(F)c1)(Nc1nc2c(C)cccc2s1)C(F)(F)F. The molecular weight excluding hydrogens is 426 g/mol. The minimum atomic E-state index is -5.32. The molecule has 0 spiro atoms. The van der Waals surface area contributed by atoms with Crippen molar-refractivity contribution < 1.29 is 31.9 Å². The van der Waals surface area contributed by atoms with E-state index in [1.807, 2.05) is 5.32 Å². The Hall–Kier alpha value is -3.21. The molecule has 1 heterocycles. The first-order chi connectivity index (χ1) is 14.1. The Morgan fingerprint density at radius 2 is 1.83 bits per heavy atom. The van der Waals surface area contributed by atoms with Crippen molar-refractivity contribution in [2.75, 3.05) is 12.4 Å². The molecule has 6 nitrogen and oxygen atoms in total. The Kier molecular flexibility index (Phi) is 5.66. The summed E-state index contributed by atoms with van der Waals surface area (Å²) in [6.45, 7) is 1.73. The molecule has 30 heavy (non-hydrogen) atoms. The van der Waals surface area contributed by atoms with Crippen LogP contribution in [0.1, 0.15) is 15.9 Å². The largest absolute Gasteiger partial charge is 0.466 e. The molecule has 1 atom stereocenters. The zero-order chi connectivity index (χ0) is 22.1. The standard InChI is InChI=1S/C19H15F4N3O3S/c1-10-5-3-8-13-14(10)24-17(30-13)26-18(16(28)29-2,19(21,22)23)25-15(27)11-6-4-7-12(20)9-11/h3-9H,1-2H3,(H,24,26)(H,25,27). The van der Waals surface area contributed by atoms with E-state index in [-0.39, 0.29) is 5.13 Å². The minimum Gasteiger partial charge on any atom is -0.466 e. The topological polar surface area (TPSA) is 80.3 Å². The van der Waals surface area contributed by atoms with Gasteiger partial charge in [-0.1, -0.05) is 29.5 Å². The summed E-state index contributed by atoms with van der Waals surface area (Å²) < 4.78 is 60.7. The molecule has 1 unspecified atom stereocenters. The average Bonchev–Trinajstić information content (AvgIpc) is 3.09. The second-order valence-electron chi connectivity index (χ2n) is 6.27. The van der Waals surface area contributed by atoms with E-state index in [1.165, 1.54) is 0 Å². The maximum atomic E-state index is 14.1. The van der Waals surface area contributed by atoms with Crippen molar-refractivity contribution in [1.82, 2.24) is 10.3 Å². The smallest absolute Gasteiger partial charge is 0.442 e. The third-order valence-corrected chi connectivity index (χ3v) is 5.16. The van der Waals surface area contributed by atoms with Crippen LogP contribution in [0.5, 0.6) is 0 Å². The Morgan fingerprint density at radius 1 is 1.13 bits per heavy atom. The summed E-state index contributed by atoms with van der Waals surface area (Å²) in [6.07, 6.45) is -5.32. The second kappa shape index (κ2) is 7.90. The third kappa shape index (κ3) is 3.92. The van der Waals surface area contributed by atoms with Gasteiger partial charge in [0, 0.05) is 5.56 Å². The number of hydrogen-bond donors (Lipinski definition) is 2. The van der Waals surface area contributed by atoms with Crippen molar-refractivity contribution in [3.63, 3.8) is 0 Å². The molecule has 1 amide bonds. The van der Waals surface area contributed by atoms with E-state index in [1.54, 1.807) is 30.4 Å². The van der Waals surface area contributed by atoms with Gasteiger partial charge in [0.25, 0.3) is 5.91 Å². The number of rotatable bonds is 5. The molecule has 2 N–H and O–H groups in total. The highest BCUT2D eigenvalue weighted by atomic mass is 32.1. The number of aromatic nitrogens is 1. The highest BCUT2D eigenvalue weighted by Gasteiger charge is 2.64. The highest BCUT2D eigenvalue weighted by Crippen LogP contribution is 2.36. The lowest BCUT2D eigenvalue weighted by molar-refractivity contribution is -0.203. The Morgan fingerprint density at radius 3 is 2.43 bits per heavy atom. The zero-order valence-electron chi connectivity index (χ0n) is 15.6. The van der Waals surface area contributed by atoms with Crippen LogP contribution in [0.15, 0.2) is 42.5 Å². The maximum absolute atomic E-state index is 14.1. The first-order valence-electron chi connectivity index (χ1n) is 8.45. The lowest BCUT2D eigenvalue weighted by atomic mass is 10.1. The predicted octanol–water partition coefficient (Wildman–Crippen LogP) is 4.02. The quantitative estimate of drug-likeness (QED) is 0.355. The number of ether oxygens (including phenoxy) is 1. The van der Waals surface area contributed by atoms with Crippen molar-refractivity contribution in [2.24, 2.45) is 0 Å². The van der Waals surface area contributed by atoms with Crippen LogP contribution in [0.4, 0.5) is 22.7 Å². The lowest BCUT2D eigenvalue weighted by Gasteiger charge is -2.34. The van der Waals surface area contributed by atoms with Crippen LogP contribution < -0.4 is 10.6 Å². The van der Waals surface area contributed by atoms with E-state index in [2.05, 4.69) is 9.72 Å². The molecule has 0 fully saturated rings. The van der Waals surface area contributed by atoms with Gasteiger partial charge in [0.2, 0.25) is 0 Å². The third-order valence-electron chi connectivity index (χ3n) is 4.22. The number of halogens is 4. The number of fused-ring (bicyclic) bond motifs is 1. The summed E-state index contributed by atoms with van der Waals surface area (Å²) in [6, 6.07) is 9.13. The van der Waals surface area contributed by atoms with Gasteiger partial charge in [-0.05, 0) is 36.8 Å². The first kappa shape index (κ1) is 21.5. The molecule has 3 aromatic rings. The number of carbonyl (C=O) groups excluding carboxylic acids is 2. The van der Waals surface area contributed by atoms with Crippen LogP contribution in [0.25, 0.3) is 10.2 Å². The fourth-order valence-electron chi connectivity index (χ4n) is 2.72. The van der Waals surface area contributed by atoms with E-state index in [9.17, 15) is 27.2 Å². The Balaban J connectivity index is 2.07. The van der Waals surface area contributed by atoms with Crippen LogP contribution in [-0.2, 0) is 9.53 Å². The van der Waals surface area contributed by atoms with Crippen molar-refractivity contribution >= 4 is 38.6 Å². The number of carbonyl (C=O) groups is 2. The summed E-state index contributed by atoms with van der Waals surface area (Å²) >= 11 is 0.866. The number of para-hydroxylation sites is 1. The van der Waals surface area contributed by atoms with Crippen molar-refractivity contribution in [1.29, 1.82) is 0 Å². The first-order valence-corrected chi connectivity index (χ1v) is 9.26. The number of nitrogens with zero attached hydrogens (tertiary/aromatic N) is 1. The number of anilines is 1. The monoisotopic (exact) mass is 441 g/mol. The number of esters is 1. The number of alkyl halides is 3. The molecule has 3 rings (SSSR count). The average molecular weight is 441 g/mol. The number of hydrogen-bond acceptors (Lipinski definition) is 6. The number of amides is 1. The fraction of sp³-hybridized carbons (Fsp3) is 0.211. The van der Waals surface area contributed by atoms with Crippen LogP contribution in [-0.4, -0.2) is 35.8 Å². The molecule has 0 aliphatic rings. The molecule has 0 radical (unpaired) electrons. The van der Waals surface area contributed by atoms with Crippen LogP contribution in [0.3, 0.4) is 0 Å². The van der Waals surface area contributed by atoms with Gasteiger partial charge in [-0.25, -0.2) is 14.2 Å². The van der Waals surface area contributed by atoms with Crippen molar-refractivity contribution in [3.8, 4) is 0 Å². The number of nitrogens with one attached hydrogen (secondary N) is 2. The van der Waals surface area contributed by atoms with Crippen LogP contribution >= 0.6 is 11.3 Å². The number of methoxy groups -OCH3 is 1. The summed E-state index contributed by atoms with van der Waals surface area (Å²) in [5.41, 5.74) is -2.89. The van der Waals surface area contributed by atoms with Gasteiger partial charge in [-0.3, -0.25) is 4.79 Å². The lowest BCUT2D eigenvalue weighted by Crippen LogP contribution is -2.69. The Labute approximate surface area is 171 Å². The van der Waals surface area contributed by atoms with E-state index < -0.39 is 35.1 Å². The van der Waals surface area contributed by atoms with Crippen molar-refractivity contribution in [3.05, 3.63) is 59.4 Å². The molecule has 0 saturated heterocycles. The number of benzene rings is 2. The molecule has 0 aliphatic heterocycles. The molecule has 2 aromatic carbocycles. The zero-order valence-corrected chi connectivity index (χ0v) is 16.5. The van der Waals surface area contributed by atoms with E-state index in [4.69, 9.17) is 0 Å².